The van der Waals surface area contributed by atoms with E-state index < -0.39 is 47.7 Å². The van der Waals surface area contributed by atoms with Crippen LogP contribution >= 0.6 is 0 Å². The summed E-state index contributed by atoms with van der Waals surface area (Å²) in [6, 6.07) is 15.7. The number of nitrogens with zero attached hydrogens (tertiary/aromatic N) is 2. The molecule has 0 radical (unpaired) electrons. The van der Waals surface area contributed by atoms with Crippen molar-refractivity contribution < 1.29 is 24.0 Å². The third kappa shape index (κ3) is 7.39. The number of likely N-dealkylation sites (N-methyl/N-ethyl adjacent to an activating group) is 2. The Morgan fingerprint density at radius 2 is 1.24 bits per heavy atom. The number of rotatable bonds is 4. The van der Waals surface area contributed by atoms with E-state index in [9.17, 15) is 24.0 Å². The van der Waals surface area contributed by atoms with Crippen LogP contribution in [0, 0.1) is 0 Å². The van der Waals surface area contributed by atoms with Crippen LogP contribution in [0.5, 0.6) is 0 Å². The zero-order valence-electron chi connectivity index (χ0n) is 21.3. The van der Waals surface area contributed by atoms with Gasteiger partial charge in [-0.1, -0.05) is 60.7 Å². The maximum atomic E-state index is 13.9. The first kappa shape index (κ1) is 27.4. The number of carbonyl (C=O) groups excluding carboxylic acids is 5. The lowest BCUT2D eigenvalue weighted by molar-refractivity contribution is -0.147. The molecule has 1 aliphatic heterocycles. The van der Waals surface area contributed by atoms with Crippen molar-refractivity contribution in [2.75, 3.05) is 27.2 Å². The van der Waals surface area contributed by atoms with Crippen molar-refractivity contribution in [1.82, 2.24) is 25.8 Å². The van der Waals surface area contributed by atoms with Gasteiger partial charge in [-0.25, -0.2) is 0 Å². The van der Waals surface area contributed by atoms with Gasteiger partial charge < -0.3 is 25.8 Å². The Hall–Kier alpha value is -4.21. The second-order valence-electron chi connectivity index (χ2n) is 9.09. The van der Waals surface area contributed by atoms with E-state index in [0.717, 1.165) is 11.1 Å². The number of hydrogen-bond acceptors (Lipinski definition) is 5. The summed E-state index contributed by atoms with van der Waals surface area (Å²) in [6.45, 7) is 0.809. The summed E-state index contributed by atoms with van der Waals surface area (Å²) >= 11 is 0. The highest BCUT2D eigenvalue weighted by Gasteiger charge is 2.36. The van der Waals surface area contributed by atoms with Crippen LogP contribution in [0.25, 0.3) is 0 Å². The quantitative estimate of drug-likeness (QED) is 0.532. The molecular formula is C27H33N5O5. The molecule has 1 fully saturated rings. The first-order valence-electron chi connectivity index (χ1n) is 12.1. The second-order valence-corrected chi connectivity index (χ2v) is 9.09. The molecule has 3 atom stereocenters. The third-order valence-electron chi connectivity index (χ3n) is 6.42. The van der Waals surface area contributed by atoms with Crippen molar-refractivity contribution in [3.8, 4) is 0 Å². The molecule has 3 N–H and O–H groups in total. The fourth-order valence-electron chi connectivity index (χ4n) is 4.09. The smallest absolute Gasteiger partial charge is 0.246 e. The molecule has 10 nitrogen and oxygen atoms in total. The van der Waals surface area contributed by atoms with Crippen molar-refractivity contribution in [3.63, 3.8) is 0 Å². The number of hydrogen-bond donors (Lipinski definition) is 3. The largest absolute Gasteiger partial charge is 0.345 e. The molecule has 1 saturated heterocycles. The van der Waals surface area contributed by atoms with E-state index >= 15 is 0 Å². The third-order valence-corrected chi connectivity index (χ3v) is 6.42. The van der Waals surface area contributed by atoms with E-state index in [0.29, 0.717) is 0 Å². The monoisotopic (exact) mass is 507 g/mol. The van der Waals surface area contributed by atoms with Crippen LogP contribution < -0.4 is 16.0 Å². The number of benzene rings is 2. The van der Waals surface area contributed by atoms with E-state index in [1.165, 1.54) is 30.8 Å². The predicted octanol–water partition coefficient (Wildman–Crippen LogP) is -0.123. The minimum absolute atomic E-state index is 0.207. The SMILES string of the molecule is C[C@H]1NC(=O)[C@@H](Cc2ccccc2)N(C)C(=O)[C@H](Cc2ccccc2)N(C)C(=O)CNC(=O)CNC1=O. The summed E-state index contributed by atoms with van der Waals surface area (Å²) < 4.78 is 0. The standard InChI is InChI=1S/C27H33N5O5/c1-18-25(35)29-16-23(33)28-17-24(34)31(2)22(15-20-12-8-5-9-13-20)27(37)32(3)21(26(36)30-18)14-19-10-6-4-7-11-19/h4-13,18,21-22H,14-17H2,1-3H3,(H,28,33)(H,29,35)(H,30,36)/t18-,21-,22+/m1/s1. The lowest BCUT2D eigenvalue weighted by atomic mass is 10.00. The molecule has 2 aromatic rings. The Morgan fingerprint density at radius 1 is 0.703 bits per heavy atom. The average molecular weight is 508 g/mol. The summed E-state index contributed by atoms with van der Waals surface area (Å²) in [4.78, 5) is 67.5. The summed E-state index contributed by atoms with van der Waals surface area (Å²) in [5.41, 5.74) is 1.67. The first-order chi connectivity index (χ1) is 17.7. The van der Waals surface area contributed by atoms with Crippen molar-refractivity contribution in [2.24, 2.45) is 0 Å². The lowest BCUT2D eigenvalue weighted by Gasteiger charge is -2.35. The van der Waals surface area contributed by atoms with Crippen LogP contribution in [-0.4, -0.2) is 84.6 Å². The molecule has 10 heteroatoms. The summed E-state index contributed by atoms with van der Waals surface area (Å²) in [6.07, 6.45) is 0.426. The molecule has 0 bridgehead atoms. The van der Waals surface area contributed by atoms with E-state index in [4.69, 9.17) is 0 Å². The van der Waals surface area contributed by atoms with Gasteiger partial charge in [-0.3, -0.25) is 24.0 Å². The first-order valence-corrected chi connectivity index (χ1v) is 12.1. The van der Waals surface area contributed by atoms with Gasteiger partial charge in [-0.05, 0) is 18.1 Å². The number of nitrogens with one attached hydrogen (secondary N) is 3. The minimum Gasteiger partial charge on any atom is -0.345 e. The highest BCUT2D eigenvalue weighted by molar-refractivity contribution is 5.96. The molecule has 1 heterocycles. The molecule has 0 spiro atoms. The molecule has 2 aromatic carbocycles. The molecule has 0 aromatic heterocycles. The Bertz CT molecular complexity index is 1120. The summed E-state index contributed by atoms with van der Waals surface area (Å²) in [7, 11) is 3.03. The van der Waals surface area contributed by atoms with Gasteiger partial charge >= 0.3 is 0 Å². The Kier molecular flexibility index (Phi) is 9.37. The van der Waals surface area contributed by atoms with Gasteiger partial charge in [0.05, 0.1) is 13.1 Å². The molecule has 0 aliphatic carbocycles. The van der Waals surface area contributed by atoms with E-state index in [-0.39, 0.29) is 25.9 Å². The highest BCUT2D eigenvalue weighted by atomic mass is 16.2. The zero-order chi connectivity index (χ0) is 26.9. The van der Waals surface area contributed by atoms with Crippen molar-refractivity contribution in [3.05, 3.63) is 71.8 Å². The fourth-order valence-corrected chi connectivity index (χ4v) is 4.09. The normalized spacial score (nSPS) is 22.5. The van der Waals surface area contributed by atoms with E-state index in [1.54, 1.807) is 0 Å². The van der Waals surface area contributed by atoms with Crippen LogP contribution in [0.4, 0.5) is 0 Å². The zero-order valence-corrected chi connectivity index (χ0v) is 21.3. The minimum atomic E-state index is -0.948. The van der Waals surface area contributed by atoms with Gasteiger partial charge in [-0.2, -0.15) is 0 Å². The fraction of sp³-hybridized carbons (Fsp3) is 0.370. The molecule has 1 aliphatic rings. The van der Waals surface area contributed by atoms with Gasteiger partial charge in [0.2, 0.25) is 29.5 Å². The molecule has 37 heavy (non-hydrogen) atoms. The Labute approximate surface area is 216 Å². The van der Waals surface area contributed by atoms with Gasteiger partial charge in [0.25, 0.3) is 0 Å². The molecule has 3 rings (SSSR count). The molecule has 196 valence electrons. The van der Waals surface area contributed by atoms with Crippen LogP contribution in [0.15, 0.2) is 60.7 Å². The maximum Gasteiger partial charge on any atom is 0.246 e. The van der Waals surface area contributed by atoms with Gasteiger partial charge in [0.1, 0.15) is 18.1 Å². The summed E-state index contributed by atoms with van der Waals surface area (Å²) in [5.74, 6) is -2.55. The lowest BCUT2D eigenvalue weighted by Crippen LogP contribution is -2.58. The van der Waals surface area contributed by atoms with Crippen molar-refractivity contribution >= 4 is 29.5 Å². The van der Waals surface area contributed by atoms with Gasteiger partial charge in [0.15, 0.2) is 0 Å². The second kappa shape index (κ2) is 12.7. The topological polar surface area (TPSA) is 128 Å². The van der Waals surface area contributed by atoms with Crippen LogP contribution in [0.3, 0.4) is 0 Å². The van der Waals surface area contributed by atoms with Crippen molar-refractivity contribution in [2.45, 2.75) is 37.9 Å². The summed E-state index contributed by atoms with van der Waals surface area (Å²) in [5, 5.41) is 7.59. The highest BCUT2D eigenvalue weighted by Crippen LogP contribution is 2.16. The van der Waals surface area contributed by atoms with E-state index in [1.807, 2.05) is 60.7 Å². The van der Waals surface area contributed by atoms with Crippen LogP contribution in [0.1, 0.15) is 18.1 Å². The van der Waals surface area contributed by atoms with Crippen molar-refractivity contribution in [1.29, 1.82) is 0 Å². The number of amides is 5. The maximum absolute atomic E-state index is 13.9. The number of carbonyl (C=O) groups is 5. The molecule has 5 amide bonds. The molecule has 0 unspecified atom stereocenters. The Morgan fingerprint density at radius 3 is 1.81 bits per heavy atom. The molecule has 0 saturated carbocycles. The van der Waals surface area contributed by atoms with Crippen LogP contribution in [-0.2, 0) is 36.8 Å². The van der Waals surface area contributed by atoms with Crippen LogP contribution in [0.2, 0.25) is 0 Å². The molecular weight excluding hydrogens is 474 g/mol. The predicted molar refractivity (Wildman–Crippen MR) is 137 cm³/mol. The van der Waals surface area contributed by atoms with Gasteiger partial charge in [-0.15, -0.1) is 0 Å². The van der Waals surface area contributed by atoms with E-state index in [2.05, 4.69) is 16.0 Å². The van der Waals surface area contributed by atoms with Gasteiger partial charge in [0, 0.05) is 26.9 Å². The Balaban J connectivity index is 1.99. The average Bonchev–Trinajstić information content (AvgIpc) is 2.91.